The Morgan fingerprint density at radius 3 is 2.40 bits per heavy atom. The molecule has 1 aromatic rings. The Labute approximate surface area is 90.2 Å². The molecule has 1 aliphatic heterocycles. The summed E-state index contributed by atoms with van der Waals surface area (Å²) in [6.45, 7) is 4.82. The van der Waals surface area contributed by atoms with E-state index in [0.29, 0.717) is 0 Å². The van der Waals surface area contributed by atoms with Gasteiger partial charge in [0.15, 0.2) is 0 Å². The molecule has 0 N–H and O–H groups in total. The molecule has 0 saturated heterocycles. The summed E-state index contributed by atoms with van der Waals surface area (Å²) in [5, 5.41) is 0. The van der Waals surface area contributed by atoms with Crippen LogP contribution in [0.1, 0.15) is 19.4 Å². The smallest absolute Gasteiger partial charge is 0.247 e. The van der Waals surface area contributed by atoms with Crippen molar-refractivity contribution in [1.82, 2.24) is 4.90 Å². The predicted molar refractivity (Wildman–Crippen MR) is 61.3 cm³/mol. The highest BCUT2D eigenvalue weighted by molar-refractivity contribution is 6.00. The van der Waals surface area contributed by atoms with Gasteiger partial charge in [0.25, 0.3) is 0 Å². The van der Waals surface area contributed by atoms with Crippen LogP contribution in [0.2, 0.25) is 0 Å². The van der Waals surface area contributed by atoms with E-state index >= 15 is 0 Å². The lowest BCUT2D eigenvalue weighted by atomic mass is 10.1. The molecule has 1 aromatic carbocycles. The largest absolute Gasteiger partial charge is 0.332 e. The minimum Gasteiger partial charge on any atom is -0.332 e. The number of carbonyl (C=O) groups is 1. The molecule has 0 aromatic heterocycles. The van der Waals surface area contributed by atoms with Gasteiger partial charge in [0.05, 0.1) is 0 Å². The van der Waals surface area contributed by atoms with Crippen molar-refractivity contribution < 1.29 is 4.79 Å². The van der Waals surface area contributed by atoms with Gasteiger partial charge in [0, 0.05) is 18.7 Å². The number of benzene rings is 1. The minimum absolute atomic E-state index is 0.129. The molecular weight excluding hydrogens is 186 g/mol. The van der Waals surface area contributed by atoms with Crippen LogP contribution in [0.3, 0.4) is 0 Å². The summed E-state index contributed by atoms with van der Waals surface area (Å²) in [5.74, 6) is 0.129. The Hall–Kier alpha value is -1.57. The van der Waals surface area contributed by atoms with Crippen molar-refractivity contribution in [1.29, 1.82) is 0 Å². The van der Waals surface area contributed by atoms with Crippen molar-refractivity contribution in [2.24, 2.45) is 0 Å². The molecule has 0 bridgehead atoms. The van der Waals surface area contributed by atoms with Crippen LogP contribution in [0.4, 0.5) is 0 Å². The van der Waals surface area contributed by atoms with Crippen molar-refractivity contribution >= 4 is 11.5 Å². The van der Waals surface area contributed by atoms with E-state index in [1.807, 2.05) is 49.1 Å². The van der Waals surface area contributed by atoms with E-state index in [9.17, 15) is 4.79 Å². The number of nitrogens with zero attached hydrogens (tertiary/aromatic N) is 1. The molecule has 1 aliphatic rings. The first-order valence-corrected chi connectivity index (χ1v) is 5.25. The lowest BCUT2D eigenvalue weighted by Gasteiger charge is -2.20. The summed E-state index contributed by atoms with van der Waals surface area (Å²) in [4.78, 5) is 13.5. The molecule has 2 rings (SSSR count). The van der Waals surface area contributed by atoms with E-state index in [-0.39, 0.29) is 11.9 Å². The summed E-state index contributed by atoms with van der Waals surface area (Å²) in [5.41, 5.74) is 2.27. The highest BCUT2D eigenvalue weighted by Crippen LogP contribution is 2.22. The lowest BCUT2D eigenvalue weighted by Crippen LogP contribution is -2.32. The predicted octanol–water partition coefficient (Wildman–Crippen LogP) is 2.32. The molecule has 0 atom stereocenters. The number of rotatable bonds is 2. The van der Waals surface area contributed by atoms with E-state index in [1.54, 1.807) is 6.08 Å². The zero-order chi connectivity index (χ0) is 10.8. The summed E-state index contributed by atoms with van der Waals surface area (Å²) in [6, 6.07) is 10.3. The van der Waals surface area contributed by atoms with Gasteiger partial charge < -0.3 is 4.90 Å². The maximum absolute atomic E-state index is 11.6. The maximum Gasteiger partial charge on any atom is 0.247 e. The number of carbonyl (C=O) groups excluding carboxylic acids is 1. The molecule has 0 spiro atoms. The first-order valence-electron chi connectivity index (χ1n) is 5.25. The third-order valence-corrected chi connectivity index (χ3v) is 2.69. The van der Waals surface area contributed by atoms with Crippen LogP contribution in [0, 0.1) is 0 Å². The molecule has 0 saturated carbocycles. The molecule has 0 aliphatic carbocycles. The summed E-state index contributed by atoms with van der Waals surface area (Å²) in [6.07, 6.45) is 1.75. The van der Waals surface area contributed by atoms with Crippen LogP contribution in [-0.4, -0.2) is 23.4 Å². The monoisotopic (exact) mass is 201 g/mol. The lowest BCUT2D eigenvalue weighted by molar-refractivity contribution is -0.125. The summed E-state index contributed by atoms with van der Waals surface area (Å²) in [7, 11) is 0. The van der Waals surface area contributed by atoms with Crippen LogP contribution in [0.5, 0.6) is 0 Å². The van der Waals surface area contributed by atoms with Crippen molar-refractivity contribution in [2.45, 2.75) is 19.9 Å². The van der Waals surface area contributed by atoms with E-state index in [2.05, 4.69) is 0 Å². The fraction of sp³-hybridized carbons (Fsp3) is 0.308. The second-order valence-electron chi connectivity index (χ2n) is 4.10. The third-order valence-electron chi connectivity index (χ3n) is 2.69. The third kappa shape index (κ3) is 1.94. The molecule has 0 radical (unpaired) electrons. The zero-order valence-electron chi connectivity index (χ0n) is 9.10. The van der Waals surface area contributed by atoms with Gasteiger partial charge >= 0.3 is 0 Å². The Bertz CT molecular complexity index is 392. The van der Waals surface area contributed by atoms with Gasteiger partial charge in [-0.05, 0) is 25.0 Å². The van der Waals surface area contributed by atoms with Gasteiger partial charge in [0.1, 0.15) is 0 Å². The Morgan fingerprint density at radius 2 is 1.87 bits per heavy atom. The van der Waals surface area contributed by atoms with Gasteiger partial charge in [-0.2, -0.15) is 0 Å². The van der Waals surface area contributed by atoms with Crippen LogP contribution >= 0.6 is 0 Å². The van der Waals surface area contributed by atoms with Crippen LogP contribution < -0.4 is 0 Å². The standard InChI is InChI=1S/C13H15NO/c1-10(2)14-9-12(8-13(14)15)11-6-4-3-5-7-11/h3-8,10H,9H2,1-2H3. The normalized spacial score (nSPS) is 16.1. The zero-order valence-corrected chi connectivity index (χ0v) is 9.10. The number of hydrogen-bond acceptors (Lipinski definition) is 1. The van der Waals surface area contributed by atoms with E-state index in [0.717, 1.165) is 17.7 Å². The fourth-order valence-corrected chi connectivity index (χ4v) is 1.80. The average molecular weight is 201 g/mol. The van der Waals surface area contributed by atoms with E-state index in [4.69, 9.17) is 0 Å². The van der Waals surface area contributed by atoms with Gasteiger partial charge in [-0.3, -0.25) is 4.79 Å². The fourth-order valence-electron chi connectivity index (χ4n) is 1.80. The second kappa shape index (κ2) is 3.89. The molecule has 0 unspecified atom stereocenters. The van der Waals surface area contributed by atoms with Crippen molar-refractivity contribution in [3.05, 3.63) is 42.0 Å². The van der Waals surface area contributed by atoms with Crippen LogP contribution in [0.15, 0.2) is 36.4 Å². The van der Waals surface area contributed by atoms with Crippen LogP contribution in [-0.2, 0) is 4.79 Å². The van der Waals surface area contributed by atoms with Crippen molar-refractivity contribution in [2.75, 3.05) is 6.54 Å². The van der Waals surface area contributed by atoms with Crippen LogP contribution in [0.25, 0.3) is 5.57 Å². The number of hydrogen-bond donors (Lipinski definition) is 0. The Morgan fingerprint density at radius 1 is 1.20 bits per heavy atom. The molecule has 78 valence electrons. The molecular formula is C13H15NO. The second-order valence-corrected chi connectivity index (χ2v) is 4.10. The van der Waals surface area contributed by atoms with Gasteiger partial charge in [0.2, 0.25) is 5.91 Å². The minimum atomic E-state index is 0.129. The average Bonchev–Trinajstić information content (AvgIpc) is 2.62. The van der Waals surface area contributed by atoms with Gasteiger partial charge in [-0.25, -0.2) is 0 Å². The number of amides is 1. The van der Waals surface area contributed by atoms with E-state index < -0.39 is 0 Å². The highest BCUT2D eigenvalue weighted by Gasteiger charge is 2.23. The quantitative estimate of drug-likeness (QED) is 0.719. The van der Waals surface area contributed by atoms with Gasteiger partial charge in [-0.15, -0.1) is 0 Å². The molecule has 2 nitrogen and oxygen atoms in total. The van der Waals surface area contributed by atoms with Crippen molar-refractivity contribution in [3.63, 3.8) is 0 Å². The van der Waals surface area contributed by atoms with Crippen molar-refractivity contribution in [3.8, 4) is 0 Å². The molecule has 1 amide bonds. The SMILES string of the molecule is CC(C)N1CC(c2ccccc2)=CC1=O. The summed E-state index contributed by atoms with van der Waals surface area (Å²) >= 11 is 0. The molecule has 1 heterocycles. The Balaban J connectivity index is 2.22. The Kier molecular flexibility index (Phi) is 2.58. The first kappa shape index (κ1) is 9.97. The first-order chi connectivity index (χ1) is 7.18. The topological polar surface area (TPSA) is 20.3 Å². The molecule has 0 fully saturated rings. The molecule has 2 heteroatoms. The summed E-state index contributed by atoms with van der Waals surface area (Å²) < 4.78 is 0. The maximum atomic E-state index is 11.6. The highest BCUT2D eigenvalue weighted by atomic mass is 16.2. The van der Waals surface area contributed by atoms with E-state index in [1.165, 1.54) is 0 Å². The van der Waals surface area contributed by atoms with Gasteiger partial charge in [-0.1, -0.05) is 30.3 Å². The molecule has 15 heavy (non-hydrogen) atoms.